The summed E-state index contributed by atoms with van der Waals surface area (Å²) in [5, 5.41) is 3.02. The zero-order valence-corrected chi connectivity index (χ0v) is 25.7. The van der Waals surface area contributed by atoms with E-state index >= 15 is 0 Å². The standard InChI is InChI=1S/C35H45N3O4/c1-25(2)28-18-16-26(3)23-32(28)42-22-12-11-21-38-30-14-9-8-13-29(30)37-34(38)15-7-6-10-20-36-35(39)27-17-19-31(40-4)33(24-27)41-5/h8-9,13-14,16-19,23-25H,6-7,10-12,15,20-22H2,1-5H3,(H,36,39). The molecule has 0 atom stereocenters. The number of benzene rings is 3. The van der Waals surface area contributed by atoms with Crippen LogP contribution < -0.4 is 19.5 Å². The number of hydrogen-bond acceptors (Lipinski definition) is 5. The Morgan fingerprint density at radius 2 is 1.69 bits per heavy atom. The molecule has 7 nitrogen and oxygen atoms in total. The zero-order valence-electron chi connectivity index (χ0n) is 25.7. The van der Waals surface area contributed by atoms with Crippen LogP contribution in [-0.2, 0) is 13.0 Å². The Kier molecular flexibility index (Phi) is 11.3. The number of fused-ring (bicyclic) bond motifs is 1. The Hall–Kier alpha value is -4.00. The van der Waals surface area contributed by atoms with Crippen molar-refractivity contribution in [2.24, 2.45) is 0 Å². The van der Waals surface area contributed by atoms with Crippen molar-refractivity contribution in [2.45, 2.75) is 71.8 Å². The molecule has 4 rings (SSSR count). The molecule has 4 aromatic rings. The Morgan fingerprint density at radius 1 is 0.881 bits per heavy atom. The van der Waals surface area contributed by atoms with Crippen LogP contribution in [0, 0.1) is 6.92 Å². The van der Waals surface area contributed by atoms with Gasteiger partial charge < -0.3 is 24.1 Å². The Balaban J connectivity index is 1.24. The highest BCUT2D eigenvalue weighted by Gasteiger charge is 2.13. The summed E-state index contributed by atoms with van der Waals surface area (Å²) in [5.74, 6) is 3.63. The minimum Gasteiger partial charge on any atom is -0.493 e. The van der Waals surface area contributed by atoms with Crippen molar-refractivity contribution in [1.82, 2.24) is 14.9 Å². The van der Waals surface area contributed by atoms with Crippen molar-refractivity contribution in [3.63, 3.8) is 0 Å². The van der Waals surface area contributed by atoms with Crippen molar-refractivity contribution in [2.75, 3.05) is 27.4 Å². The van der Waals surface area contributed by atoms with Crippen LogP contribution in [0.5, 0.6) is 17.2 Å². The molecule has 1 N–H and O–H groups in total. The van der Waals surface area contributed by atoms with E-state index in [4.69, 9.17) is 19.2 Å². The highest BCUT2D eigenvalue weighted by atomic mass is 16.5. The van der Waals surface area contributed by atoms with E-state index in [0.29, 0.717) is 36.1 Å². The summed E-state index contributed by atoms with van der Waals surface area (Å²) in [5.41, 5.74) is 5.29. The third-order valence-electron chi connectivity index (χ3n) is 7.57. The summed E-state index contributed by atoms with van der Waals surface area (Å²) in [4.78, 5) is 17.5. The number of unbranched alkanes of at least 4 members (excludes halogenated alkanes) is 3. The Bertz CT molecular complexity index is 1460. The molecule has 7 heteroatoms. The molecule has 42 heavy (non-hydrogen) atoms. The van der Waals surface area contributed by atoms with Gasteiger partial charge in [0.1, 0.15) is 11.6 Å². The second-order valence-corrected chi connectivity index (χ2v) is 11.1. The molecule has 0 saturated heterocycles. The van der Waals surface area contributed by atoms with E-state index in [1.54, 1.807) is 32.4 Å². The van der Waals surface area contributed by atoms with Crippen molar-refractivity contribution in [3.8, 4) is 17.2 Å². The number of aryl methyl sites for hydroxylation is 3. The molecule has 0 bridgehead atoms. The molecule has 0 fully saturated rings. The van der Waals surface area contributed by atoms with Gasteiger partial charge >= 0.3 is 0 Å². The molecule has 0 aliphatic carbocycles. The van der Waals surface area contributed by atoms with Crippen LogP contribution in [0.15, 0.2) is 60.7 Å². The number of para-hydroxylation sites is 2. The molecule has 0 radical (unpaired) electrons. The molecular weight excluding hydrogens is 526 g/mol. The van der Waals surface area contributed by atoms with Gasteiger partial charge in [0.05, 0.1) is 31.9 Å². The summed E-state index contributed by atoms with van der Waals surface area (Å²) in [6.07, 6.45) is 5.86. The number of imidazole rings is 1. The molecule has 0 spiro atoms. The van der Waals surface area contributed by atoms with Gasteiger partial charge in [0.25, 0.3) is 5.91 Å². The molecular formula is C35H45N3O4. The quantitative estimate of drug-likeness (QED) is 0.141. The van der Waals surface area contributed by atoms with Gasteiger partial charge in [-0.3, -0.25) is 4.79 Å². The third-order valence-corrected chi connectivity index (χ3v) is 7.57. The van der Waals surface area contributed by atoms with E-state index in [0.717, 1.165) is 62.2 Å². The Morgan fingerprint density at radius 3 is 2.48 bits per heavy atom. The van der Waals surface area contributed by atoms with E-state index in [1.807, 2.05) is 6.07 Å². The van der Waals surface area contributed by atoms with Crippen molar-refractivity contribution in [1.29, 1.82) is 0 Å². The number of methoxy groups -OCH3 is 2. The highest BCUT2D eigenvalue weighted by Crippen LogP contribution is 2.28. The molecule has 1 aromatic heterocycles. The summed E-state index contributed by atoms with van der Waals surface area (Å²) in [7, 11) is 3.15. The molecule has 1 heterocycles. The lowest BCUT2D eigenvalue weighted by Crippen LogP contribution is -2.24. The average molecular weight is 572 g/mol. The number of carbonyl (C=O) groups excluding carboxylic acids is 1. The third kappa shape index (κ3) is 8.05. The molecule has 3 aromatic carbocycles. The predicted octanol–water partition coefficient (Wildman–Crippen LogP) is 7.49. The number of nitrogens with one attached hydrogen (secondary N) is 1. The van der Waals surface area contributed by atoms with Crippen LogP contribution in [0.25, 0.3) is 11.0 Å². The molecule has 0 aliphatic rings. The summed E-state index contributed by atoms with van der Waals surface area (Å²) >= 11 is 0. The van der Waals surface area contributed by atoms with Gasteiger partial charge in [0.2, 0.25) is 0 Å². The molecule has 0 aliphatic heterocycles. The first-order valence-corrected chi connectivity index (χ1v) is 15.1. The Labute approximate surface area is 250 Å². The summed E-state index contributed by atoms with van der Waals surface area (Å²) in [6, 6.07) is 20.1. The number of aromatic nitrogens is 2. The largest absolute Gasteiger partial charge is 0.493 e. The van der Waals surface area contributed by atoms with Crippen LogP contribution in [0.1, 0.15) is 79.2 Å². The van der Waals surface area contributed by atoms with Gasteiger partial charge in [-0.25, -0.2) is 4.98 Å². The number of ether oxygens (including phenoxy) is 3. The number of hydrogen-bond donors (Lipinski definition) is 1. The molecule has 0 unspecified atom stereocenters. The fraction of sp³-hybridized carbons (Fsp3) is 0.429. The first kappa shape index (κ1) is 30.9. The maximum atomic E-state index is 12.6. The molecule has 1 amide bonds. The number of nitrogens with zero attached hydrogens (tertiary/aromatic N) is 2. The first-order chi connectivity index (χ1) is 20.4. The molecule has 0 saturated carbocycles. The SMILES string of the molecule is COc1ccc(C(=O)NCCCCCc2nc3ccccc3n2CCCCOc2cc(C)ccc2C(C)C)cc1OC. The number of amides is 1. The van der Waals surface area contributed by atoms with Gasteiger partial charge in [0.15, 0.2) is 11.5 Å². The van der Waals surface area contributed by atoms with E-state index in [2.05, 4.69) is 67.1 Å². The minimum absolute atomic E-state index is 0.107. The van der Waals surface area contributed by atoms with Crippen LogP contribution in [0.3, 0.4) is 0 Å². The minimum atomic E-state index is -0.107. The van der Waals surface area contributed by atoms with E-state index < -0.39 is 0 Å². The van der Waals surface area contributed by atoms with Crippen molar-refractivity contribution < 1.29 is 19.0 Å². The first-order valence-electron chi connectivity index (χ1n) is 15.1. The van der Waals surface area contributed by atoms with Gasteiger partial charge in [-0.15, -0.1) is 0 Å². The van der Waals surface area contributed by atoms with Gasteiger partial charge in [-0.05, 0) is 86.1 Å². The van der Waals surface area contributed by atoms with E-state index in [9.17, 15) is 4.79 Å². The van der Waals surface area contributed by atoms with E-state index in [1.165, 1.54) is 16.6 Å². The zero-order chi connectivity index (χ0) is 29.9. The maximum absolute atomic E-state index is 12.6. The maximum Gasteiger partial charge on any atom is 0.251 e. The van der Waals surface area contributed by atoms with Crippen molar-refractivity contribution >= 4 is 16.9 Å². The van der Waals surface area contributed by atoms with Crippen LogP contribution in [0.2, 0.25) is 0 Å². The van der Waals surface area contributed by atoms with Gasteiger partial charge in [-0.1, -0.05) is 44.5 Å². The average Bonchev–Trinajstić information content (AvgIpc) is 3.35. The molecule has 224 valence electrons. The van der Waals surface area contributed by atoms with Gasteiger partial charge in [0, 0.05) is 25.1 Å². The van der Waals surface area contributed by atoms with Crippen LogP contribution >= 0.6 is 0 Å². The fourth-order valence-electron chi connectivity index (χ4n) is 5.23. The monoisotopic (exact) mass is 571 g/mol. The fourth-order valence-corrected chi connectivity index (χ4v) is 5.23. The normalized spacial score (nSPS) is 11.2. The number of carbonyl (C=O) groups is 1. The lowest BCUT2D eigenvalue weighted by Gasteiger charge is -2.15. The number of rotatable bonds is 16. The van der Waals surface area contributed by atoms with E-state index in [-0.39, 0.29) is 5.91 Å². The smallest absolute Gasteiger partial charge is 0.251 e. The summed E-state index contributed by atoms with van der Waals surface area (Å²) in [6.45, 7) is 8.78. The van der Waals surface area contributed by atoms with Gasteiger partial charge in [-0.2, -0.15) is 0 Å². The van der Waals surface area contributed by atoms with Crippen molar-refractivity contribution in [3.05, 3.63) is 83.2 Å². The second-order valence-electron chi connectivity index (χ2n) is 11.1. The highest BCUT2D eigenvalue weighted by molar-refractivity contribution is 5.94. The van der Waals surface area contributed by atoms with Crippen LogP contribution in [-0.4, -0.2) is 42.8 Å². The predicted molar refractivity (Wildman–Crippen MR) is 169 cm³/mol. The topological polar surface area (TPSA) is 74.6 Å². The lowest BCUT2D eigenvalue weighted by molar-refractivity contribution is 0.0952. The second kappa shape index (κ2) is 15.3. The lowest BCUT2D eigenvalue weighted by atomic mass is 10.0. The van der Waals surface area contributed by atoms with Crippen LogP contribution in [0.4, 0.5) is 0 Å². The summed E-state index contributed by atoms with van der Waals surface area (Å²) < 4.78 is 19.2.